The van der Waals surface area contributed by atoms with Gasteiger partial charge in [0.05, 0.1) is 5.02 Å². The maximum absolute atomic E-state index is 13.4. The number of ether oxygens (including phenoxy) is 1. The van der Waals surface area contributed by atoms with Crippen molar-refractivity contribution in [3.8, 4) is 0 Å². The van der Waals surface area contributed by atoms with Crippen LogP contribution in [0.2, 0.25) is 10.0 Å². The third-order valence-corrected chi connectivity index (χ3v) is 3.19. The molecule has 0 saturated carbocycles. The first-order valence-electron chi connectivity index (χ1n) is 6.48. The molecule has 3 N–H and O–H groups in total. The average Bonchev–Trinajstić information content (AvgIpc) is 2.37. The molecule has 0 aliphatic carbocycles. The standard InChI is InChI=1S/C14H18Cl2FNO4/c1-14(2,3)22-13(21)18-6-11(19)12(20)7-4-10(17)9(16)5-8(7)15/h4-5,11-12,19-20H,6H2,1-3H3,(H,18,21). The number of alkyl carbamates (subject to hydrolysis) is 1. The Hall–Kier alpha value is -1.08. The predicted molar refractivity (Wildman–Crippen MR) is 81.6 cm³/mol. The Morgan fingerprint density at radius 1 is 1.32 bits per heavy atom. The van der Waals surface area contributed by atoms with E-state index in [0.29, 0.717) is 0 Å². The number of aliphatic hydroxyl groups excluding tert-OH is 2. The molecule has 1 amide bonds. The van der Waals surface area contributed by atoms with Crippen LogP contribution in [0, 0.1) is 5.82 Å². The lowest BCUT2D eigenvalue weighted by molar-refractivity contribution is 0.0128. The highest BCUT2D eigenvalue weighted by atomic mass is 35.5. The van der Waals surface area contributed by atoms with Gasteiger partial charge in [0.15, 0.2) is 0 Å². The fourth-order valence-electron chi connectivity index (χ4n) is 1.59. The molecule has 0 radical (unpaired) electrons. The van der Waals surface area contributed by atoms with Crippen molar-refractivity contribution in [3.63, 3.8) is 0 Å². The van der Waals surface area contributed by atoms with Crippen LogP contribution < -0.4 is 5.32 Å². The van der Waals surface area contributed by atoms with E-state index in [4.69, 9.17) is 27.9 Å². The molecule has 2 atom stereocenters. The molecule has 0 fully saturated rings. The Morgan fingerprint density at radius 2 is 1.91 bits per heavy atom. The van der Waals surface area contributed by atoms with Crippen LogP contribution in [0.25, 0.3) is 0 Å². The zero-order valence-corrected chi connectivity index (χ0v) is 13.9. The van der Waals surface area contributed by atoms with Crippen LogP contribution in [-0.2, 0) is 4.74 Å². The van der Waals surface area contributed by atoms with E-state index in [1.807, 2.05) is 0 Å². The van der Waals surface area contributed by atoms with Crippen molar-refractivity contribution in [1.29, 1.82) is 0 Å². The molecule has 0 aliphatic rings. The zero-order chi connectivity index (χ0) is 17.1. The number of amides is 1. The van der Waals surface area contributed by atoms with Crippen molar-refractivity contribution in [2.24, 2.45) is 0 Å². The first-order valence-corrected chi connectivity index (χ1v) is 7.24. The second kappa shape index (κ2) is 7.46. The summed E-state index contributed by atoms with van der Waals surface area (Å²) in [5.41, 5.74) is -0.710. The molecule has 2 unspecified atom stereocenters. The number of aliphatic hydroxyl groups is 2. The Balaban J connectivity index is 2.68. The van der Waals surface area contributed by atoms with Gasteiger partial charge in [0.25, 0.3) is 0 Å². The SMILES string of the molecule is CC(C)(C)OC(=O)NCC(O)C(O)c1cc(F)c(Cl)cc1Cl. The second-order valence-electron chi connectivity index (χ2n) is 5.68. The number of carbonyl (C=O) groups excluding carboxylic acids is 1. The molecule has 0 saturated heterocycles. The third-order valence-electron chi connectivity index (χ3n) is 2.58. The van der Waals surface area contributed by atoms with Gasteiger partial charge in [-0.25, -0.2) is 9.18 Å². The second-order valence-corrected chi connectivity index (χ2v) is 6.50. The summed E-state index contributed by atoms with van der Waals surface area (Å²) in [6.07, 6.45) is -3.63. The van der Waals surface area contributed by atoms with Gasteiger partial charge in [0.2, 0.25) is 0 Å². The summed E-state index contributed by atoms with van der Waals surface area (Å²) in [7, 11) is 0. The normalized spacial score (nSPS) is 14.4. The van der Waals surface area contributed by atoms with Crippen molar-refractivity contribution < 1.29 is 24.1 Å². The van der Waals surface area contributed by atoms with Crippen LogP contribution in [0.1, 0.15) is 32.4 Å². The minimum absolute atomic E-state index is 0.00946. The quantitative estimate of drug-likeness (QED) is 0.727. The third kappa shape index (κ3) is 5.61. The zero-order valence-electron chi connectivity index (χ0n) is 12.4. The number of nitrogens with one attached hydrogen (secondary N) is 1. The molecular formula is C14H18Cl2FNO4. The van der Waals surface area contributed by atoms with Crippen LogP contribution in [0.4, 0.5) is 9.18 Å². The number of hydrogen-bond acceptors (Lipinski definition) is 4. The number of hydrogen-bond donors (Lipinski definition) is 3. The number of rotatable bonds is 4. The van der Waals surface area contributed by atoms with Crippen molar-refractivity contribution in [1.82, 2.24) is 5.32 Å². The van der Waals surface area contributed by atoms with E-state index in [-0.39, 0.29) is 22.2 Å². The number of benzene rings is 1. The first-order chi connectivity index (χ1) is 10.0. The monoisotopic (exact) mass is 353 g/mol. The van der Waals surface area contributed by atoms with Crippen LogP contribution in [-0.4, -0.2) is 34.6 Å². The highest BCUT2D eigenvalue weighted by molar-refractivity contribution is 6.35. The molecule has 0 aliphatic heterocycles. The molecule has 1 aromatic carbocycles. The number of carbonyl (C=O) groups is 1. The van der Waals surface area contributed by atoms with Gasteiger partial charge in [0, 0.05) is 17.1 Å². The highest BCUT2D eigenvalue weighted by Gasteiger charge is 2.24. The molecule has 1 aromatic rings. The van der Waals surface area contributed by atoms with E-state index in [0.717, 1.165) is 12.1 Å². The summed E-state index contributed by atoms with van der Waals surface area (Å²) in [6, 6.07) is 2.07. The van der Waals surface area contributed by atoms with Gasteiger partial charge in [-0.15, -0.1) is 0 Å². The molecule has 0 spiro atoms. The largest absolute Gasteiger partial charge is 0.444 e. The Bertz CT molecular complexity index is 548. The van der Waals surface area contributed by atoms with Crippen LogP contribution in [0.5, 0.6) is 0 Å². The van der Waals surface area contributed by atoms with Gasteiger partial charge in [-0.1, -0.05) is 23.2 Å². The van der Waals surface area contributed by atoms with E-state index in [9.17, 15) is 19.4 Å². The molecule has 8 heteroatoms. The summed E-state index contributed by atoms with van der Waals surface area (Å²) < 4.78 is 18.4. The molecular weight excluding hydrogens is 336 g/mol. The van der Waals surface area contributed by atoms with Crippen molar-refractivity contribution in [2.45, 2.75) is 38.6 Å². The van der Waals surface area contributed by atoms with Crippen molar-refractivity contribution >= 4 is 29.3 Å². The predicted octanol–water partition coefficient (Wildman–Crippen LogP) is 3.05. The van der Waals surface area contributed by atoms with Crippen LogP contribution in [0.3, 0.4) is 0 Å². The van der Waals surface area contributed by atoms with Gasteiger partial charge in [-0.05, 0) is 32.9 Å². The van der Waals surface area contributed by atoms with E-state index >= 15 is 0 Å². The van der Waals surface area contributed by atoms with Gasteiger partial charge in [-0.3, -0.25) is 0 Å². The van der Waals surface area contributed by atoms with Crippen LogP contribution in [0.15, 0.2) is 12.1 Å². The molecule has 5 nitrogen and oxygen atoms in total. The Labute approximate surface area is 138 Å². The van der Waals surface area contributed by atoms with Gasteiger partial charge in [0.1, 0.15) is 23.6 Å². The van der Waals surface area contributed by atoms with E-state index in [1.165, 1.54) is 0 Å². The lowest BCUT2D eigenvalue weighted by Gasteiger charge is -2.22. The Kier molecular flexibility index (Phi) is 6.43. The minimum atomic E-state index is -1.49. The van der Waals surface area contributed by atoms with Crippen molar-refractivity contribution in [3.05, 3.63) is 33.6 Å². The molecule has 22 heavy (non-hydrogen) atoms. The molecule has 1 rings (SSSR count). The summed E-state index contributed by atoms with van der Waals surface area (Å²) in [5, 5.41) is 22.0. The average molecular weight is 354 g/mol. The fourth-order valence-corrected chi connectivity index (χ4v) is 2.08. The van der Waals surface area contributed by atoms with E-state index in [2.05, 4.69) is 5.32 Å². The smallest absolute Gasteiger partial charge is 0.407 e. The van der Waals surface area contributed by atoms with Gasteiger partial charge >= 0.3 is 6.09 Å². The maximum atomic E-state index is 13.4. The van der Waals surface area contributed by atoms with Gasteiger partial charge in [-0.2, -0.15) is 0 Å². The lowest BCUT2D eigenvalue weighted by Crippen LogP contribution is -2.38. The summed E-state index contributed by atoms with van der Waals surface area (Å²) in [6.45, 7) is 4.77. The van der Waals surface area contributed by atoms with Crippen molar-refractivity contribution in [2.75, 3.05) is 6.54 Å². The van der Waals surface area contributed by atoms with E-state index < -0.39 is 29.7 Å². The van der Waals surface area contributed by atoms with E-state index in [1.54, 1.807) is 20.8 Å². The molecule has 0 aromatic heterocycles. The summed E-state index contributed by atoms with van der Waals surface area (Å²) >= 11 is 11.4. The fraction of sp³-hybridized carbons (Fsp3) is 0.500. The molecule has 0 bridgehead atoms. The first kappa shape index (κ1) is 19.0. The van der Waals surface area contributed by atoms with Crippen LogP contribution >= 0.6 is 23.2 Å². The number of halogens is 3. The lowest BCUT2D eigenvalue weighted by atomic mass is 10.0. The highest BCUT2D eigenvalue weighted by Crippen LogP contribution is 2.30. The summed E-state index contributed by atoms with van der Waals surface area (Å²) in [5.74, 6) is -0.771. The molecule has 0 heterocycles. The van der Waals surface area contributed by atoms with Gasteiger partial charge < -0.3 is 20.3 Å². The topological polar surface area (TPSA) is 78.8 Å². The minimum Gasteiger partial charge on any atom is -0.444 e. The summed E-state index contributed by atoms with van der Waals surface area (Å²) in [4.78, 5) is 11.5. The molecule has 124 valence electrons. The maximum Gasteiger partial charge on any atom is 0.407 e. The Morgan fingerprint density at radius 3 is 2.45 bits per heavy atom.